The van der Waals surface area contributed by atoms with Crippen LogP contribution in [0.15, 0.2) is 72.8 Å². The normalized spacial score (nSPS) is 10.7. The van der Waals surface area contributed by atoms with Crippen molar-refractivity contribution in [1.29, 1.82) is 0 Å². The van der Waals surface area contributed by atoms with E-state index >= 15 is 0 Å². The molecule has 0 bridgehead atoms. The molecule has 0 aliphatic carbocycles. The number of halogens is 3. The Hall–Kier alpha value is -2.79. The van der Waals surface area contributed by atoms with Crippen molar-refractivity contribution < 1.29 is 14.3 Å². The minimum atomic E-state index is -0.539. The molecule has 0 heterocycles. The monoisotopic (exact) mass is 445 g/mol. The predicted molar refractivity (Wildman–Crippen MR) is 117 cm³/mol. The summed E-state index contributed by atoms with van der Waals surface area (Å²) in [6.07, 6.45) is 2.93. The van der Waals surface area contributed by atoms with Gasteiger partial charge in [0.05, 0.1) is 10.7 Å². The van der Waals surface area contributed by atoms with Gasteiger partial charge in [-0.3, -0.25) is 4.79 Å². The molecular weight excluding hydrogens is 433 g/mol. The number of nitrogens with one attached hydrogen (secondary N) is 1. The minimum absolute atomic E-state index is 0.313. The molecular formula is C22H14Cl3NO3. The van der Waals surface area contributed by atoms with Gasteiger partial charge in [-0.1, -0.05) is 46.9 Å². The van der Waals surface area contributed by atoms with E-state index in [-0.39, 0.29) is 5.91 Å². The molecule has 4 nitrogen and oxygen atoms in total. The molecule has 0 saturated carbocycles. The van der Waals surface area contributed by atoms with Crippen LogP contribution < -0.4 is 10.1 Å². The van der Waals surface area contributed by atoms with E-state index in [0.717, 1.165) is 5.56 Å². The molecule has 0 aliphatic heterocycles. The van der Waals surface area contributed by atoms with Crippen molar-refractivity contribution in [1.82, 2.24) is 0 Å². The van der Waals surface area contributed by atoms with Crippen molar-refractivity contribution in [3.8, 4) is 5.75 Å². The number of amides is 1. The summed E-state index contributed by atoms with van der Waals surface area (Å²) >= 11 is 17.8. The minimum Gasteiger partial charge on any atom is -0.423 e. The fourth-order valence-electron chi connectivity index (χ4n) is 2.35. The SMILES string of the molecule is O=C(/C=C/c1ccc(Cl)cc1)Oc1ccc(C(=O)Nc2cc(Cl)ccc2Cl)cc1. The quantitative estimate of drug-likeness (QED) is 0.276. The van der Waals surface area contributed by atoms with Crippen LogP contribution >= 0.6 is 34.8 Å². The maximum absolute atomic E-state index is 12.4. The van der Waals surface area contributed by atoms with Crippen molar-refractivity contribution in [3.05, 3.63) is 99.0 Å². The number of benzene rings is 3. The third-order valence-corrected chi connectivity index (χ3v) is 4.61. The lowest BCUT2D eigenvalue weighted by molar-refractivity contribution is -0.128. The summed E-state index contributed by atoms with van der Waals surface area (Å²) in [6, 6.07) is 18.0. The fraction of sp³-hybridized carbons (Fsp3) is 0. The van der Waals surface area contributed by atoms with E-state index in [0.29, 0.717) is 32.1 Å². The van der Waals surface area contributed by atoms with Gasteiger partial charge in [0.15, 0.2) is 0 Å². The number of carbonyl (C=O) groups excluding carboxylic acids is 2. The van der Waals surface area contributed by atoms with Crippen LogP contribution in [0.5, 0.6) is 5.75 Å². The molecule has 146 valence electrons. The standard InChI is InChI=1S/C22H14Cl3NO3/c23-16-6-1-14(2-7-16)3-12-21(27)29-18-9-4-15(5-10-18)22(28)26-20-13-17(24)8-11-19(20)25/h1-13H,(H,26,28)/b12-3+. The Bertz CT molecular complexity index is 1060. The van der Waals surface area contributed by atoms with Crippen molar-refractivity contribution in [3.63, 3.8) is 0 Å². The van der Waals surface area contributed by atoms with Crippen molar-refractivity contribution >= 4 is 58.4 Å². The third kappa shape index (κ3) is 6.09. The van der Waals surface area contributed by atoms with Gasteiger partial charge in [0.2, 0.25) is 0 Å². The summed E-state index contributed by atoms with van der Waals surface area (Å²) in [5, 5.41) is 4.14. The molecule has 0 fully saturated rings. The average Bonchev–Trinajstić information content (AvgIpc) is 2.71. The van der Waals surface area contributed by atoms with Crippen molar-refractivity contribution in [2.24, 2.45) is 0 Å². The second kappa shape index (κ2) is 9.61. The number of esters is 1. The summed E-state index contributed by atoms with van der Waals surface area (Å²) in [5.41, 5.74) is 1.60. The van der Waals surface area contributed by atoms with E-state index < -0.39 is 5.97 Å². The Morgan fingerprint density at radius 2 is 1.48 bits per heavy atom. The Kier molecular flexibility index (Phi) is 6.94. The highest BCUT2D eigenvalue weighted by Crippen LogP contribution is 2.26. The largest absolute Gasteiger partial charge is 0.423 e. The van der Waals surface area contributed by atoms with Crippen LogP contribution in [0, 0.1) is 0 Å². The molecule has 1 N–H and O–H groups in total. The van der Waals surface area contributed by atoms with Gasteiger partial charge in [0.25, 0.3) is 5.91 Å². The molecule has 7 heteroatoms. The molecule has 3 aromatic rings. The summed E-state index contributed by atoms with van der Waals surface area (Å²) in [5.74, 6) is -0.592. The molecule has 0 spiro atoms. The molecule has 0 aliphatic rings. The van der Waals surface area contributed by atoms with E-state index in [1.807, 2.05) is 0 Å². The highest BCUT2D eigenvalue weighted by Gasteiger charge is 2.10. The first-order valence-corrected chi connectivity index (χ1v) is 9.56. The van der Waals surface area contributed by atoms with Gasteiger partial charge in [-0.25, -0.2) is 4.79 Å². The Morgan fingerprint density at radius 1 is 0.828 bits per heavy atom. The van der Waals surface area contributed by atoms with Crippen LogP contribution in [-0.4, -0.2) is 11.9 Å². The number of carbonyl (C=O) groups is 2. The van der Waals surface area contributed by atoms with Crippen molar-refractivity contribution in [2.45, 2.75) is 0 Å². The molecule has 3 rings (SSSR count). The topological polar surface area (TPSA) is 55.4 Å². The first-order valence-electron chi connectivity index (χ1n) is 8.42. The van der Waals surface area contributed by atoms with Crippen LogP contribution in [0.25, 0.3) is 6.08 Å². The first-order chi connectivity index (χ1) is 13.9. The fourth-order valence-corrected chi connectivity index (χ4v) is 2.81. The number of hydrogen-bond acceptors (Lipinski definition) is 3. The van der Waals surface area contributed by atoms with Gasteiger partial charge in [-0.05, 0) is 66.2 Å². The van der Waals surface area contributed by atoms with Crippen LogP contribution in [0.3, 0.4) is 0 Å². The van der Waals surface area contributed by atoms with Crippen molar-refractivity contribution in [2.75, 3.05) is 5.32 Å². The zero-order valence-corrected chi connectivity index (χ0v) is 17.1. The zero-order valence-electron chi connectivity index (χ0n) is 14.9. The van der Waals surface area contributed by atoms with Gasteiger partial charge < -0.3 is 10.1 Å². The molecule has 0 saturated heterocycles. The zero-order chi connectivity index (χ0) is 20.8. The smallest absolute Gasteiger partial charge is 0.336 e. The molecule has 0 atom stereocenters. The second-order valence-electron chi connectivity index (χ2n) is 5.91. The van der Waals surface area contributed by atoms with Gasteiger partial charge >= 0.3 is 5.97 Å². The van der Waals surface area contributed by atoms with Gasteiger partial charge in [0, 0.05) is 21.7 Å². The van der Waals surface area contributed by atoms with Crippen LogP contribution in [0.4, 0.5) is 5.69 Å². The highest BCUT2D eigenvalue weighted by molar-refractivity contribution is 6.35. The van der Waals surface area contributed by atoms with E-state index in [1.165, 1.54) is 18.2 Å². The Balaban J connectivity index is 1.60. The van der Waals surface area contributed by atoms with E-state index in [2.05, 4.69) is 5.32 Å². The predicted octanol–water partition coefficient (Wildman–Crippen LogP) is 6.52. The second-order valence-corrected chi connectivity index (χ2v) is 7.19. The lowest BCUT2D eigenvalue weighted by atomic mass is 10.2. The average molecular weight is 447 g/mol. The van der Waals surface area contributed by atoms with E-state index in [9.17, 15) is 9.59 Å². The molecule has 29 heavy (non-hydrogen) atoms. The maximum atomic E-state index is 12.4. The number of hydrogen-bond donors (Lipinski definition) is 1. The Labute approximate surface area is 182 Å². The Morgan fingerprint density at radius 3 is 2.17 bits per heavy atom. The summed E-state index contributed by atoms with van der Waals surface area (Å²) in [6.45, 7) is 0. The molecule has 0 radical (unpaired) electrons. The van der Waals surface area contributed by atoms with Gasteiger partial charge in [-0.2, -0.15) is 0 Å². The molecule has 0 aromatic heterocycles. The number of ether oxygens (including phenoxy) is 1. The van der Waals surface area contributed by atoms with Crippen LogP contribution in [-0.2, 0) is 4.79 Å². The van der Waals surface area contributed by atoms with Crippen LogP contribution in [0.1, 0.15) is 15.9 Å². The van der Waals surface area contributed by atoms with E-state index in [4.69, 9.17) is 39.5 Å². The number of anilines is 1. The van der Waals surface area contributed by atoms with Gasteiger partial charge in [0.1, 0.15) is 5.75 Å². The number of rotatable bonds is 5. The molecule has 3 aromatic carbocycles. The van der Waals surface area contributed by atoms with E-state index in [1.54, 1.807) is 60.7 Å². The summed E-state index contributed by atoms with van der Waals surface area (Å²) in [7, 11) is 0. The highest BCUT2D eigenvalue weighted by atomic mass is 35.5. The molecule has 1 amide bonds. The first kappa shape index (κ1) is 20.9. The lowest BCUT2D eigenvalue weighted by Gasteiger charge is -2.08. The third-order valence-electron chi connectivity index (χ3n) is 3.79. The van der Waals surface area contributed by atoms with Crippen LogP contribution in [0.2, 0.25) is 15.1 Å². The maximum Gasteiger partial charge on any atom is 0.336 e. The van der Waals surface area contributed by atoms with Gasteiger partial charge in [-0.15, -0.1) is 0 Å². The summed E-state index contributed by atoms with van der Waals surface area (Å²) in [4.78, 5) is 24.3. The summed E-state index contributed by atoms with van der Waals surface area (Å²) < 4.78 is 5.23. The molecule has 0 unspecified atom stereocenters. The lowest BCUT2D eigenvalue weighted by Crippen LogP contribution is -2.12.